The normalized spacial score (nSPS) is 17.9. The molecule has 1 heterocycles. The molecule has 42 heavy (non-hydrogen) atoms. The van der Waals surface area contributed by atoms with Gasteiger partial charge in [0.25, 0.3) is 8.32 Å². The third kappa shape index (κ3) is 7.37. The van der Waals surface area contributed by atoms with Gasteiger partial charge in [0.15, 0.2) is 0 Å². The van der Waals surface area contributed by atoms with Crippen LogP contribution in [0.4, 0.5) is 4.79 Å². The van der Waals surface area contributed by atoms with Crippen molar-refractivity contribution in [2.45, 2.75) is 64.3 Å². The molecule has 1 aliphatic heterocycles. The largest absolute Gasteiger partial charge is 0.453 e. The number of carbonyl (C=O) groups excluding carboxylic acids is 2. The molecule has 1 N–H and O–H groups in total. The molecule has 0 radical (unpaired) electrons. The van der Waals surface area contributed by atoms with Crippen molar-refractivity contribution in [2.75, 3.05) is 13.2 Å². The topological polar surface area (TPSA) is 77.1 Å². The minimum atomic E-state index is -2.91. The molecule has 1 amide bonds. The molecule has 0 saturated heterocycles. The lowest BCUT2D eigenvalue weighted by Crippen LogP contribution is -2.68. The molecule has 3 aromatic carbocycles. The zero-order valence-corrected chi connectivity index (χ0v) is 26.4. The molecule has 0 fully saturated rings. The first-order valence-corrected chi connectivity index (χ1v) is 16.3. The molecule has 4 rings (SSSR count). The number of nitrogens with zero attached hydrogens (tertiary/aromatic N) is 1. The minimum Gasteiger partial charge on any atom is -0.453 e. The lowest BCUT2D eigenvalue weighted by Gasteiger charge is -2.45. The summed E-state index contributed by atoms with van der Waals surface area (Å²) in [5.41, 5.74) is 2.67. The van der Waals surface area contributed by atoms with Crippen LogP contribution in [0.3, 0.4) is 0 Å². The van der Waals surface area contributed by atoms with Gasteiger partial charge in [0.1, 0.15) is 11.7 Å². The van der Waals surface area contributed by atoms with E-state index in [1.54, 1.807) is 29.3 Å². The number of hydrogen-bond donors (Lipinski definition) is 1. The SMILES string of the molecule is CC(C)(C)OC(=O)NN1CC=C[C@@H](OC(=O)c2ccccc2)[C@H]1CO[Si](c1ccccc1)(c1ccccc1)C(C)(C)C. The van der Waals surface area contributed by atoms with Crippen LogP contribution in [0, 0.1) is 0 Å². The van der Waals surface area contributed by atoms with E-state index in [1.807, 2.05) is 75.4 Å². The van der Waals surface area contributed by atoms with Crippen LogP contribution in [0.15, 0.2) is 103 Å². The Morgan fingerprint density at radius 1 is 0.833 bits per heavy atom. The molecule has 0 spiro atoms. The Labute approximate surface area is 250 Å². The van der Waals surface area contributed by atoms with Gasteiger partial charge in [0.05, 0.1) is 18.2 Å². The first-order valence-electron chi connectivity index (χ1n) is 14.3. The summed E-state index contributed by atoms with van der Waals surface area (Å²) in [6.07, 6.45) is 2.48. The zero-order valence-electron chi connectivity index (χ0n) is 25.4. The molecule has 222 valence electrons. The molecule has 3 aromatic rings. The van der Waals surface area contributed by atoms with Crippen molar-refractivity contribution in [1.82, 2.24) is 10.4 Å². The maximum absolute atomic E-state index is 13.2. The summed E-state index contributed by atoms with van der Waals surface area (Å²) in [4.78, 5) is 26.0. The number of hydrogen-bond acceptors (Lipinski definition) is 6. The first kappa shape index (κ1) is 31.2. The molecule has 1 aliphatic rings. The van der Waals surface area contributed by atoms with Gasteiger partial charge in [0, 0.05) is 6.54 Å². The van der Waals surface area contributed by atoms with Crippen LogP contribution in [0.25, 0.3) is 0 Å². The van der Waals surface area contributed by atoms with Crippen LogP contribution >= 0.6 is 0 Å². The van der Waals surface area contributed by atoms with Crippen molar-refractivity contribution in [3.05, 3.63) is 109 Å². The van der Waals surface area contributed by atoms with Crippen molar-refractivity contribution in [1.29, 1.82) is 0 Å². The van der Waals surface area contributed by atoms with E-state index in [9.17, 15) is 9.59 Å². The Bertz CT molecular complexity index is 1310. The van der Waals surface area contributed by atoms with Crippen molar-refractivity contribution in [3.63, 3.8) is 0 Å². The predicted molar refractivity (Wildman–Crippen MR) is 168 cm³/mol. The van der Waals surface area contributed by atoms with Crippen molar-refractivity contribution < 1.29 is 23.5 Å². The molecule has 7 nitrogen and oxygen atoms in total. The van der Waals surface area contributed by atoms with E-state index >= 15 is 0 Å². The fraction of sp³-hybridized carbons (Fsp3) is 0.353. The maximum atomic E-state index is 13.2. The van der Waals surface area contributed by atoms with Gasteiger partial charge >= 0.3 is 12.1 Å². The van der Waals surface area contributed by atoms with Crippen LogP contribution in [-0.2, 0) is 13.9 Å². The fourth-order valence-electron chi connectivity index (χ4n) is 5.34. The van der Waals surface area contributed by atoms with E-state index in [0.717, 1.165) is 10.4 Å². The smallest absolute Gasteiger partial charge is 0.422 e. The minimum absolute atomic E-state index is 0.195. The summed E-state index contributed by atoms with van der Waals surface area (Å²) < 4.78 is 18.8. The van der Waals surface area contributed by atoms with Gasteiger partial charge in [-0.1, -0.05) is 106 Å². The Kier molecular flexibility index (Phi) is 9.71. The van der Waals surface area contributed by atoms with Gasteiger partial charge in [-0.15, -0.1) is 0 Å². The number of esters is 1. The van der Waals surface area contributed by atoms with E-state index in [2.05, 4.69) is 50.5 Å². The Morgan fingerprint density at radius 2 is 1.36 bits per heavy atom. The summed E-state index contributed by atoms with van der Waals surface area (Å²) in [5, 5.41) is 3.77. The highest BCUT2D eigenvalue weighted by Crippen LogP contribution is 2.37. The van der Waals surface area contributed by atoms with Gasteiger partial charge < -0.3 is 13.9 Å². The first-order chi connectivity index (χ1) is 19.9. The van der Waals surface area contributed by atoms with E-state index < -0.39 is 38.1 Å². The second-order valence-electron chi connectivity index (χ2n) is 12.5. The third-order valence-electron chi connectivity index (χ3n) is 7.18. The van der Waals surface area contributed by atoms with Gasteiger partial charge in [-0.3, -0.25) is 5.43 Å². The highest BCUT2D eigenvalue weighted by Gasteiger charge is 2.51. The lowest BCUT2D eigenvalue weighted by atomic mass is 10.1. The van der Waals surface area contributed by atoms with Crippen molar-refractivity contribution in [2.24, 2.45) is 0 Å². The quantitative estimate of drug-likeness (QED) is 0.214. The zero-order chi connectivity index (χ0) is 30.4. The standard InChI is InChI=1S/C34H42N2O5Si/c1-33(2,3)41-32(38)35-36-24-16-23-30(40-31(37)26-17-10-7-11-18-26)29(36)25-39-42(34(4,5)6,27-19-12-8-13-20-27)28-21-14-9-15-22-28/h7-23,29-30H,24-25H2,1-6H3,(H,35,38)/t29-,30-/m1/s1. The van der Waals surface area contributed by atoms with Gasteiger partial charge in [0.2, 0.25) is 0 Å². The number of ether oxygens (including phenoxy) is 2. The summed E-state index contributed by atoms with van der Waals surface area (Å²) in [6, 6.07) is 29.1. The van der Waals surface area contributed by atoms with Crippen LogP contribution in [0.2, 0.25) is 5.04 Å². The number of nitrogens with one attached hydrogen (secondary N) is 1. The second kappa shape index (κ2) is 13.1. The second-order valence-corrected chi connectivity index (χ2v) is 16.8. The predicted octanol–water partition coefficient (Wildman–Crippen LogP) is 5.47. The van der Waals surface area contributed by atoms with Crippen LogP contribution in [0.1, 0.15) is 51.9 Å². The number of hydrazine groups is 1. The fourth-order valence-corrected chi connectivity index (χ4v) is 9.91. The Hall–Kier alpha value is -3.72. The average molecular weight is 587 g/mol. The van der Waals surface area contributed by atoms with E-state index in [0.29, 0.717) is 12.1 Å². The van der Waals surface area contributed by atoms with E-state index in [1.165, 1.54) is 0 Å². The van der Waals surface area contributed by atoms with Crippen molar-refractivity contribution >= 4 is 30.8 Å². The summed E-state index contributed by atoms with van der Waals surface area (Å²) in [6.45, 7) is 12.7. The molecule has 2 atom stereocenters. The molecular weight excluding hydrogens is 544 g/mol. The third-order valence-corrected chi connectivity index (χ3v) is 12.2. The van der Waals surface area contributed by atoms with Gasteiger partial charge in [-0.2, -0.15) is 0 Å². The van der Waals surface area contributed by atoms with Gasteiger partial charge in [-0.25, -0.2) is 14.6 Å². The van der Waals surface area contributed by atoms with E-state index in [-0.39, 0.29) is 11.6 Å². The average Bonchev–Trinajstić information content (AvgIpc) is 2.94. The molecule has 0 saturated carbocycles. The molecule has 8 heteroatoms. The van der Waals surface area contributed by atoms with Crippen LogP contribution in [-0.4, -0.2) is 56.3 Å². The highest BCUT2D eigenvalue weighted by molar-refractivity contribution is 6.99. The molecule has 0 bridgehead atoms. The highest BCUT2D eigenvalue weighted by atomic mass is 28.4. The number of benzene rings is 3. The molecular formula is C34H42N2O5Si. The maximum Gasteiger partial charge on any atom is 0.422 e. The molecule has 0 aliphatic carbocycles. The number of rotatable bonds is 8. The van der Waals surface area contributed by atoms with Crippen molar-refractivity contribution in [3.8, 4) is 0 Å². The van der Waals surface area contributed by atoms with E-state index in [4.69, 9.17) is 13.9 Å². The van der Waals surface area contributed by atoms with Crippen LogP contribution < -0.4 is 15.8 Å². The summed E-state index contributed by atoms with van der Waals surface area (Å²) in [5.74, 6) is -0.445. The van der Waals surface area contributed by atoms with Gasteiger partial charge in [-0.05, 0) is 54.4 Å². The van der Waals surface area contributed by atoms with Crippen LogP contribution in [0.5, 0.6) is 0 Å². The lowest BCUT2D eigenvalue weighted by molar-refractivity contribution is -0.0225. The Morgan fingerprint density at radius 3 is 1.86 bits per heavy atom. The number of carbonyl (C=O) groups is 2. The summed E-state index contributed by atoms with van der Waals surface area (Å²) >= 11 is 0. The Balaban J connectivity index is 1.72. The number of amides is 1. The molecule has 0 unspecified atom stereocenters. The molecule has 0 aromatic heterocycles. The summed E-state index contributed by atoms with van der Waals surface area (Å²) in [7, 11) is -2.91. The monoisotopic (exact) mass is 586 g/mol.